The van der Waals surface area contributed by atoms with Gasteiger partial charge in [-0.15, -0.1) is 0 Å². The fourth-order valence-corrected chi connectivity index (χ4v) is 4.13. The fraction of sp³-hybridized carbons (Fsp3) is 0.444. The lowest BCUT2D eigenvalue weighted by molar-refractivity contribution is 0.0889. The second-order valence-electron chi connectivity index (χ2n) is 8.22. The zero-order chi connectivity index (χ0) is 28.1. The zero-order valence-electron chi connectivity index (χ0n) is 20.3. The number of nitrogen functional groups attached to an aromatic ring is 2. The molecule has 4 rings (SSSR count). The lowest BCUT2D eigenvalue weighted by Gasteiger charge is -2.12. The number of ether oxygens (including phenoxy) is 2. The summed E-state index contributed by atoms with van der Waals surface area (Å²) in [7, 11) is -8.31. The van der Waals surface area contributed by atoms with Crippen LogP contribution in [0, 0.1) is 0 Å². The number of aromatic nitrogens is 8. The molecule has 0 unspecified atom stereocenters. The first-order valence-electron chi connectivity index (χ1n) is 10.9. The molecule has 0 saturated heterocycles. The number of nitrogens with zero attached hydrogens (tertiary/aromatic N) is 8. The van der Waals surface area contributed by atoms with E-state index >= 15 is 0 Å². The van der Waals surface area contributed by atoms with Crippen molar-refractivity contribution in [3.63, 3.8) is 0 Å². The zero-order valence-corrected chi connectivity index (χ0v) is 22.1. The van der Waals surface area contributed by atoms with Crippen molar-refractivity contribution in [2.24, 2.45) is 0 Å². The molecule has 0 spiro atoms. The summed E-state index contributed by atoms with van der Waals surface area (Å²) in [5, 5.41) is 8.08. The monoisotopic (exact) mass is 574 g/mol. The molecule has 0 aliphatic heterocycles. The highest BCUT2D eigenvalue weighted by Crippen LogP contribution is 2.35. The van der Waals surface area contributed by atoms with Crippen LogP contribution in [0.5, 0.6) is 0 Å². The first-order chi connectivity index (χ1) is 17.7. The Balaban J connectivity index is 0.000000211. The van der Waals surface area contributed by atoms with Gasteiger partial charge in [0.1, 0.15) is 25.4 Å². The average Bonchev–Trinajstić information content (AvgIpc) is 3.42. The third kappa shape index (κ3) is 8.47. The quantitative estimate of drug-likeness (QED) is 0.131. The number of rotatable bonds is 10. The first-order valence-corrected chi connectivity index (χ1v) is 14.5. The molecule has 208 valence electrons. The van der Waals surface area contributed by atoms with E-state index in [4.69, 9.17) is 40.5 Å². The molecular weight excluding hydrogens is 546 g/mol. The maximum absolute atomic E-state index is 10.7. The van der Waals surface area contributed by atoms with Crippen molar-refractivity contribution in [3.05, 3.63) is 36.2 Å². The summed E-state index contributed by atoms with van der Waals surface area (Å²) in [6.07, 6.45) is 4.69. The molecule has 0 radical (unpaired) electrons. The average molecular weight is 574 g/mol. The summed E-state index contributed by atoms with van der Waals surface area (Å²) < 4.78 is 34.4. The molecule has 0 aliphatic carbocycles. The summed E-state index contributed by atoms with van der Waals surface area (Å²) in [5.41, 5.74) is 13.9. The van der Waals surface area contributed by atoms with Gasteiger partial charge in [-0.1, -0.05) is 0 Å². The van der Waals surface area contributed by atoms with E-state index in [-0.39, 0.29) is 24.1 Å². The van der Waals surface area contributed by atoms with E-state index in [0.717, 1.165) is 11.1 Å². The summed E-state index contributed by atoms with van der Waals surface area (Å²) in [6.45, 7) is 3.42. The Bertz CT molecular complexity index is 1360. The molecule has 2 atom stereocenters. The highest BCUT2D eigenvalue weighted by atomic mass is 31.2. The lowest BCUT2D eigenvalue weighted by Crippen LogP contribution is -2.13. The highest BCUT2D eigenvalue weighted by Gasteiger charge is 2.19. The van der Waals surface area contributed by atoms with Crippen molar-refractivity contribution >= 4 is 38.4 Å². The van der Waals surface area contributed by atoms with E-state index in [2.05, 4.69) is 30.1 Å². The van der Waals surface area contributed by atoms with Gasteiger partial charge in [-0.3, -0.25) is 9.13 Å². The Morgan fingerprint density at radius 1 is 0.763 bits per heavy atom. The van der Waals surface area contributed by atoms with Gasteiger partial charge in [0.25, 0.3) is 0 Å². The molecule has 38 heavy (non-hydrogen) atoms. The van der Waals surface area contributed by atoms with Crippen LogP contribution < -0.4 is 11.5 Å². The summed E-state index contributed by atoms with van der Waals surface area (Å²) in [6, 6.07) is 0. The van der Waals surface area contributed by atoms with Gasteiger partial charge >= 0.3 is 15.2 Å². The van der Waals surface area contributed by atoms with Crippen molar-refractivity contribution in [2.45, 2.75) is 38.9 Å². The smallest absolute Gasteiger partial charge is 0.350 e. The minimum atomic E-state index is -4.15. The summed E-state index contributed by atoms with van der Waals surface area (Å²) in [5.74, 6) is 0.445. The molecule has 4 heterocycles. The Kier molecular flexibility index (Phi) is 9.45. The molecule has 0 aliphatic rings. The van der Waals surface area contributed by atoms with Crippen LogP contribution in [0.4, 0.5) is 11.9 Å². The molecule has 4 aromatic rings. The number of hydrogen-bond acceptors (Lipinski definition) is 12. The van der Waals surface area contributed by atoms with Crippen LogP contribution in [0.25, 0.3) is 11.3 Å². The van der Waals surface area contributed by atoms with Crippen molar-refractivity contribution < 1.29 is 38.2 Å². The Labute approximate surface area is 215 Å². The normalized spacial score (nSPS) is 13.8. The Hall–Kier alpha value is -3.08. The third-order valence-corrected chi connectivity index (χ3v) is 5.85. The summed E-state index contributed by atoms with van der Waals surface area (Å²) in [4.78, 5) is 50.7. The van der Waals surface area contributed by atoms with Crippen molar-refractivity contribution in [2.75, 3.05) is 24.2 Å². The molecule has 0 bridgehead atoms. The number of anilines is 2. The van der Waals surface area contributed by atoms with Crippen molar-refractivity contribution in [1.29, 1.82) is 0 Å². The van der Waals surface area contributed by atoms with Crippen LogP contribution in [0.3, 0.4) is 0 Å². The largest absolute Gasteiger partial charge is 0.368 e. The molecule has 8 N–H and O–H groups in total. The van der Waals surface area contributed by atoms with E-state index in [9.17, 15) is 9.13 Å². The molecule has 0 fully saturated rings. The summed E-state index contributed by atoms with van der Waals surface area (Å²) >= 11 is 0. The third-order valence-electron chi connectivity index (χ3n) is 4.88. The predicted molar refractivity (Wildman–Crippen MR) is 133 cm³/mol. The second kappa shape index (κ2) is 12.2. The van der Waals surface area contributed by atoms with Gasteiger partial charge < -0.3 is 40.5 Å². The van der Waals surface area contributed by atoms with Crippen LogP contribution >= 0.6 is 15.2 Å². The predicted octanol–water partition coefficient (Wildman–Crippen LogP) is -0.421. The molecule has 18 nitrogen and oxygen atoms in total. The number of hydrogen-bond donors (Lipinski definition) is 6. The van der Waals surface area contributed by atoms with Crippen molar-refractivity contribution in [3.8, 4) is 0 Å². The van der Waals surface area contributed by atoms with Crippen LogP contribution in [-0.2, 0) is 31.4 Å². The van der Waals surface area contributed by atoms with Gasteiger partial charge in [-0.2, -0.15) is 19.2 Å². The van der Waals surface area contributed by atoms with Gasteiger partial charge in [-0.25, -0.2) is 19.9 Å². The maximum atomic E-state index is 10.7. The van der Waals surface area contributed by atoms with Crippen molar-refractivity contribution in [1.82, 2.24) is 39.2 Å². The van der Waals surface area contributed by atoms with E-state index in [0.29, 0.717) is 24.1 Å². The molecule has 4 aromatic heterocycles. The fourth-order valence-electron chi connectivity index (χ4n) is 3.23. The van der Waals surface area contributed by atoms with Crippen LogP contribution in [0.1, 0.15) is 25.0 Å². The number of nitrogens with two attached hydrogens (primary N) is 2. The molecule has 0 aromatic carbocycles. The molecule has 20 heteroatoms. The lowest BCUT2D eigenvalue weighted by atomic mass is 10.2. The standard InChI is InChI=1S/2C9H14N5O4P/c2*1-6(18-5-19(15,16)17)2-7-3-13-14-8(7)11-4-12-9(14)10/h2*3-4,6H,2,5H2,1H3,(H2,10,11,12)(H2,15,16,17)/t2*6-/m10/s1. The first kappa shape index (κ1) is 29.5. The second-order valence-corrected chi connectivity index (χ2v) is 11.4. The highest BCUT2D eigenvalue weighted by molar-refractivity contribution is 7.51. The van der Waals surface area contributed by atoms with Gasteiger partial charge in [0.2, 0.25) is 11.9 Å². The van der Waals surface area contributed by atoms with Crippen LogP contribution in [0.15, 0.2) is 25.0 Å². The maximum Gasteiger partial charge on any atom is 0.350 e. The van der Waals surface area contributed by atoms with E-state index in [1.165, 1.54) is 21.7 Å². The minimum absolute atomic E-state index is 0.222. The number of fused-ring (bicyclic) bond motifs is 2. The van der Waals surface area contributed by atoms with Gasteiger partial charge in [0.15, 0.2) is 11.3 Å². The molecular formula is C18H28N10O8P2. The van der Waals surface area contributed by atoms with E-state index in [1.54, 1.807) is 26.2 Å². The van der Waals surface area contributed by atoms with E-state index in [1.807, 2.05) is 0 Å². The SMILES string of the molecule is C[C@@H](Cc1cnn2c(N)ncnc12)OCP(=O)(O)O.C[C@H](Cc1cnn2c(N)ncnc12)OCP(=O)(O)O. The van der Waals surface area contributed by atoms with Gasteiger partial charge in [-0.05, 0) is 13.8 Å². The van der Waals surface area contributed by atoms with Crippen LogP contribution in [-0.4, -0.2) is 83.6 Å². The molecule has 0 amide bonds. The molecule has 0 saturated carbocycles. The Morgan fingerprint density at radius 2 is 1.13 bits per heavy atom. The van der Waals surface area contributed by atoms with Gasteiger partial charge in [0.05, 0.1) is 24.6 Å². The van der Waals surface area contributed by atoms with Crippen LogP contribution in [0.2, 0.25) is 0 Å². The Morgan fingerprint density at radius 3 is 1.47 bits per heavy atom. The topological polar surface area (TPSA) is 272 Å². The minimum Gasteiger partial charge on any atom is -0.368 e. The van der Waals surface area contributed by atoms with E-state index < -0.39 is 27.9 Å². The van der Waals surface area contributed by atoms with Gasteiger partial charge in [0, 0.05) is 24.0 Å².